The molecule has 2 aliphatic heterocycles. The van der Waals surface area contributed by atoms with Crippen molar-refractivity contribution in [3.05, 3.63) is 108 Å². The van der Waals surface area contributed by atoms with Gasteiger partial charge in [-0.25, -0.2) is 9.59 Å². The van der Waals surface area contributed by atoms with E-state index in [2.05, 4.69) is 0 Å². The first-order chi connectivity index (χ1) is 18.1. The maximum atomic E-state index is 13.2. The maximum Gasteiger partial charge on any atom is 0.338 e. The molecule has 3 aromatic carbocycles. The fourth-order valence-electron chi connectivity index (χ4n) is 4.42. The summed E-state index contributed by atoms with van der Waals surface area (Å²) >= 11 is 1.48. The third-order valence-corrected chi connectivity index (χ3v) is 7.23. The lowest BCUT2D eigenvalue weighted by Crippen LogP contribution is -2.63. The summed E-state index contributed by atoms with van der Waals surface area (Å²) < 4.78 is 30.7. The van der Waals surface area contributed by atoms with Crippen LogP contribution in [0.2, 0.25) is 0 Å². The van der Waals surface area contributed by atoms with Crippen LogP contribution in [0.15, 0.2) is 91.0 Å². The Morgan fingerprint density at radius 2 is 1.32 bits per heavy atom. The van der Waals surface area contributed by atoms with Gasteiger partial charge in [0.25, 0.3) is 0 Å². The van der Waals surface area contributed by atoms with Gasteiger partial charge in [-0.2, -0.15) is 0 Å². The Labute approximate surface area is 220 Å². The summed E-state index contributed by atoms with van der Waals surface area (Å²) in [5.74, 6) is -0.352. The van der Waals surface area contributed by atoms with Crippen LogP contribution in [0.4, 0.5) is 0 Å². The number of ether oxygens (including phenoxy) is 5. The SMILES string of the molecule is CCS[C@@H]1O[C@@H]2CO[C@@H](c3ccccc3)O[C@H]2[C@H](OC(=O)c2ccccc2)[C@H]1OC(=O)c1ccccc1. The van der Waals surface area contributed by atoms with E-state index in [1.807, 2.05) is 49.4 Å². The summed E-state index contributed by atoms with van der Waals surface area (Å²) in [5.41, 5.74) is 1.04. The lowest BCUT2D eigenvalue weighted by atomic mass is 9.98. The van der Waals surface area contributed by atoms with Crippen molar-refractivity contribution in [2.75, 3.05) is 12.4 Å². The van der Waals surface area contributed by atoms with Gasteiger partial charge in [0, 0.05) is 5.56 Å². The van der Waals surface area contributed by atoms with Crippen LogP contribution in [0, 0.1) is 0 Å². The number of rotatable bonds is 7. The van der Waals surface area contributed by atoms with Gasteiger partial charge in [0.15, 0.2) is 18.5 Å². The topological polar surface area (TPSA) is 80.3 Å². The Balaban J connectivity index is 1.47. The molecule has 0 amide bonds. The molecule has 37 heavy (non-hydrogen) atoms. The molecule has 0 bridgehead atoms. The van der Waals surface area contributed by atoms with Gasteiger partial charge in [-0.3, -0.25) is 0 Å². The first-order valence-corrected chi connectivity index (χ1v) is 13.3. The third kappa shape index (κ3) is 5.88. The zero-order chi connectivity index (χ0) is 25.6. The van der Waals surface area contributed by atoms with Gasteiger partial charge in [-0.1, -0.05) is 73.7 Å². The number of carbonyl (C=O) groups is 2. The molecule has 0 aromatic heterocycles. The number of benzene rings is 3. The van der Waals surface area contributed by atoms with Crippen molar-refractivity contribution in [3.63, 3.8) is 0 Å². The van der Waals surface area contributed by atoms with Crippen molar-refractivity contribution in [1.29, 1.82) is 0 Å². The number of hydrogen-bond donors (Lipinski definition) is 0. The van der Waals surface area contributed by atoms with Crippen LogP contribution in [-0.4, -0.2) is 54.2 Å². The van der Waals surface area contributed by atoms with Crippen LogP contribution < -0.4 is 0 Å². The molecule has 3 aromatic rings. The van der Waals surface area contributed by atoms with E-state index in [1.54, 1.807) is 48.5 Å². The van der Waals surface area contributed by atoms with Crippen molar-refractivity contribution < 1.29 is 33.3 Å². The van der Waals surface area contributed by atoms with Gasteiger partial charge in [-0.05, 0) is 30.0 Å². The van der Waals surface area contributed by atoms with E-state index >= 15 is 0 Å². The second kappa shape index (κ2) is 11.9. The fourth-order valence-corrected chi connectivity index (χ4v) is 5.37. The summed E-state index contributed by atoms with van der Waals surface area (Å²) in [6.45, 7) is 2.23. The minimum Gasteiger partial charge on any atom is -0.452 e. The quantitative estimate of drug-likeness (QED) is 0.402. The zero-order valence-corrected chi connectivity index (χ0v) is 21.1. The lowest BCUT2D eigenvalue weighted by Gasteiger charge is -2.48. The van der Waals surface area contributed by atoms with Gasteiger partial charge < -0.3 is 23.7 Å². The Kier molecular flexibility index (Phi) is 8.21. The molecule has 0 saturated carbocycles. The highest BCUT2D eigenvalue weighted by molar-refractivity contribution is 7.99. The average Bonchev–Trinajstić information content (AvgIpc) is 2.96. The fraction of sp³-hybridized carbons (Fsp3) is 0.310. The normalized spacial score (nSPS) is 27.1. The molecule has 192 valence electrons. The van der Waals surface area contributed by atoms with Gasteiger partial charge >= 0.3 is 11.9 Å². The minimum atomic E-state index is -0.918. The molecular formula is C29H28O7S. The molecule has 0 N–H and O–H groups in total. The zero-order valence-electron chi connectivity index (χ0n) is 20.3. The molecule has 7 nitrogen and oxygen atoms in total. The molecule has 5 rings (SSSR count). The van der Waals surface area contributed by atoms with Gasteiger partial charge in [0.1, 0.15) is 17.6 Å². The number of esters is 2. The predicted molar refractivity (Wildman–Crippen MR) is 138 cm³/mol. The van der Waals surface area contributed by atoms with Gasteiger partial charge in [-0.15, -0.1) is 11.8 Å². The third-order valence-electron chi connectivity index (χ3n) is 6.19. The van der Waals surface area contributed by atoms with E-state index in [-0.39, 0.29) is 6.61 Å². The first-order valence-electron chi connectivity index (χ1n) is 12.2. The summed E-state index contributed by atoms with van der Waals surface area (Å²) in [6, 6.07) is 27.0. The van der Waals surface area contributed by atoms with E-state index < -0.39 is 48.1 Å². The number of carbonyl (C=O) groups excluding carboxylic acids is 2. The molecule has 8 heteroatoms. The van der Waals surface area contributed by atoms with Crippen LogP contribution in [-0.2, 0) is 23.7 Å². The van der Waals surface area contributed by atoms with Crippen LogP contribution in [0.25, 0.3) is 0 Å². The Morgan fingerprint density at radius 1 is 0.784 bits per heavy atom. The lowest BCUT2D eigenvalue weighted by molar-refractivity contribution is -0.317. The van der Waals surface area contributed by atoms with Crippen molar-refractivity contribution in [3.8, 4) is 0 Å². The van der Waals surface area contributed by atoms with Crippen molar-refractivity contribution in [2.24, 2.45) is 0 Å². The standard InChI is InChI=1S/C29H28O7S/c1-2-37-29-25(35-27(31)20-14-8-4-9-15-20)24(34-26(30)19-12-6-3-7-13-19)23-22(33-29)18-32-28(36-23)21-16-10-5-11-17-21/h3-17,22-25,28-29H,2,18H2,1H3/t22-,23-,24+,25-,28-,29+/m1/s1. The number of fused-ring (bicyclic) bond motifs is 1. The average molecular weight is 521 g/mol. The largest absolute Gasteiger partial charge is 0.452 e. The number of thioether (sulfide) groups is 1. The highest BCUT2D eigenvalue weighted by Gasteiger charge is 2.53. The summed E-state index contributed by atoms with van der Waals surface area (Å²) in [7, 11) is 0. The molecule has 6 atom stereocenters. The first kappa shape index (κ1) is 25.5. The molecule has 0 unspecified atom stereocenters. The molecule has 0 radical (unpaired) electrons. The van der Waals surface area contributed by atoms with E-state index in [4.69, 9.17) is 23.7 Å². The van der Waals surface area contributed by atoms with Crippen LogP contribution in [0.3, 0.4) is 0 Å². The maximum absolute atomic E-state index is 13.2. The van der Waals surface area contributed by atoms with Crippen LogP contribution >= 0.6 is 11.8 Å². The number of hydrogen-bond acceptors (Lipinski definition) is 8. The minimum absolute atomic E-state index is 0.240. The van der Waals surface area contributed by atoms with E-state index in [0.717, 1.165) is 5.56 Å². The molecule has 2 saturated heterocycles. The van der Waals surface area contributed by atoms with Gasteiger partial charge in [0.2, 0.25) is 0 Å². The van der Waals surface area contributed by atoms with E-state index in [0.29, 0.717) is 16.9 Å². The smallest absolute Gasteiger partial charge is 0.338 e. The van der Waals surface area contributed by atoms with Crippen LogP contribution in [0.5, 0.6) is 0 Å². The monoisotopic (exact) mass is 520 g/mol. The second-order valence-corrected chi connectivity index (χ2v) is 10.0. The Morgan fingerprint density at radius 3 is 1.89 bits per heavy atom. The summed E-state index contributed by atoms with van der Waals surface area (Å²) in [6.07, 6.45) is -3.72. The summed E-state index contributed by atoms with van der Waals surface area (Å²) in [4.78, 5) is 26.3. The highest BCUT2D eigenvalue weighted by atomic mass is 32.2. The van der Waals surface area contributed by atoms with E-state index in [1.165, 1.54) is 11.8 Å². The van der Waals surface area contributed by atoms with Crippen molar-refractivity contribution in [2.45, 2.75) is 43.1 Å². The predicted octanol–water partition coefficient (Wildman–Crippen LogP) is 5.03. The Hall–Kier alpha value is -3.17. The van der Waals surface area contributed by atoms with E-state index in [9.17, 15) is 9.59 Å². The molecule has 0 spiro atoms. The molecular weight excluding hydrogens is 492 g/mol. The van der Waals surface area contributed by atoms with Crippen molar-refractivity contribution in [1.82, 2.24) is 0 Å². The molecule has 0 aliphatic carbocycles. The molecule has 2 fully saturated rings. The Bertz CT molecular complexity index is 1170. The summed E-state index contributed by atoms with van der Waals surface area (Å²) in [5, 5.41) is 0. The second-order valence-electron chi connectivity index (χ2n) is 8.65. The molecule has 2 heterocycles. The van der Waals surface area contributed by atoms with Gasteiger partial charge in [0.05, 0.1) is 17.7 Å². The van der Waals surface area contributed by atoms with Crippen LogP contribution in [0.1, 0.15) is 39.5 Å². The molecule has 2 aliphatic rings. The highest BCUT2D eigenvalue weighted by Crippen LogP contribution is 2.39. The van der Waals surface area contributed by atoms with Crippen molar-refractivity contribution >= 4 is 23.7 Å².